The van der Waals surface area contributed by atoms with Gasteiger partial charge < -0.3 is 5.11 Å². The first-order chi connectivity index (χ1) is 9.16. The molecule has 1 aromatic carbocycles. The summed E-state index contributed by atoms with van der Waals surface area (Å²) in [7, 11) is 0. The van der Waals surface area contributed by atoms with Gasteiger partial charge in [-0.15, -0.1) is 0 Å². The summed E-state index contributed by atoms with van der Waals surface area (Å²) in [6.07, 6.45) is 4.36. The third-order valence-corrected chi connectivity index (χ3v) is 3.25. The van der Waals surface area contributed by atoms with E-state index in [4.69, 9.17) is 5.11 Å². The number of carboxylic acid groups (broad SMARTS) is 1. The van der Waals surface area contributed by atoms with Crippen LogP contribution >= 0.6 is 0 Å². The van der Waals surface area contributed by atoms with Crippen LogP contribution in [0.1, 0.15) is 29.0 Å². The molecule has 0 aliphatic rings. The van der Waals surface area contributed by atoms with Gasteiger partial charge in [0.15, 0.2) is 0 Å². The van der Waals surface area contributed by atoms with Crippen LogP contribution in [0.2, 0.25) is 0 Å². The minimum absolute atomic E-state index is 0.0112. The second-order valence-electron chi connectivity index (χ2n) is 4.72. The summed E-state index contributed by atoms with van der Waals surface area (Å²) in [6.45, 7) is 2.02. The highest BCUT2D eigenvalue weighted by atomic mass is 16.4. The molecule has 0 aliphatic carbocycles. The Labute approximate surface area is 112 Å². The number of aliphatic carboxylic acids is 1. The molecular formula is C16H17NO2. The van der Waals surface area contributed by atoms with Crippen molar-refractivity contribution in [2.24, 2.45) is 0 Å². The van der Waals surface area contributed by atoms with E-state index in [0.717, 1.165) is 16.7 Å². The maximum atomic E-state index is 11.1. The zero-order valence-electron chi connectivity index (χ0n) is 10.9. The molecule has 0 fully saturated rings. The Morgan fingerprint density at radius 3 is 2.68 bits per heavy atom. The summed E-state index contributed by atoms with van der Waals surface area (Å²) < 4.78 is 0. The zero-order chi connectivity index (χ0) is 13.7. The molecule has 0 radical (unpaired) electrons. The normalized spacial score (nSPS) is 12.1. The first-order valence-corrected chi connectivity index (χ1v) is 6.33. The van der Waals surface area contributed by atoms with Crippen molar-refractivity contribution in [2.75, 3.05) is 0 Å². The Balaban J connectivity index is 2.26. The molecular weight excluding hydrogens is 238 g/mol. The van der Waals surface area contributed by atoms with Gasteiger partial charge in [0.25, 0.3) is 0 Å². The monoisotopic (exact) mass is 255 g/mol. The van der Waals surface area contributed by atoms with E-state index in [0.29, 0.717) is 6.42 Å². The minimum Gasteiger partial charge on any atom is -0.481 e. The molecule has 3 heteroatoms. The van der Waals surface area contributed by atoms with Crippen molar-refractivity contribution in [2.45, 2.75) is 25.7 Å². The van der Waals surface area contributed by atoms with Crippen LogP contribution in [-0.2, 0) is 11.2 Å². The molecule has 2 aromatic rings. The number of aromatic nitrogens is 1. The molecule has 0 amide bonds. The molecule has 3 nitrogen and oxygen atoms in total. The summed E-state index contributed by atoms with van der Waals surface area (Å²) in [5.41, 5.74) is 3.31. The Morgan fingerprint density at radius 2 is 2.05 bits per heavy atom. The highest BCUT2D eigenvalue weighted by molar-refractivity contribution is 5.68. The predicted octanol–water partition coefficient (Wildman–Crippen LogP) is 3.19. The number of carboxylic acids is 1. The highest BCUT2D eigenvalue weighted by Gasteiger charge is 2.17. The molecule has 1 N–H and O–H groups in total. The van der Waals surface area contributed by atoms with Crippen LogP contribution in [0.25, 0.3) is 0 Å². The van der Waals surface area contributed by atoms with Gasteiger partial charge in [-0.25, -0.2) is 0 Å². The number of carbonyl (C=O) groups is 1. The quantitative estimate of drug-likeness (QED) is 0.892. The first-order valence-electron chi connectivity index (χ1n) is 6.33. The van der Waals surface area contributed by atoms with Crippen LogP contribution in [-0.4, -0.2) is 16.1 Å². The molecule has 0 bridgehead atoms. The molecule has 1 heterocycles. The van der Waals surface area contributed by atoms with Gasteiger partial charge in [-0.3, -0.25) is 9.78 Å². The number of aryl methyl sites for hydroxylation is 1. The third-order valence-electron chi connectivity index (χ3n) is 3.25. The van der Waals surface area contributed by atoms with Crippen LogP contribution in [0.5, 0.6) is 0 Å². The second-order valence-corrected chi connectivity index (χ2v) is 4.72. The van der Waals surface area contributed by atoms with Crippen LogP contribution in [0.15, 0.2) is 48.8 Å². The first kappa shape index (κ1) is 13.3. The second kappa shape index (κ2) is 6.14. The van der Waals surface area contributed by atoms with Gasteiger partial charge in [0.05, 0.1) is 6.42 Å². The molecule has 2 rings (SSSR count). The fraction of sp³-hybridized carbons (Fsp3) is 0.250. The van der Waals surface area contributed by atoms with Crippen molar-refractivity contribution >= 4 is 5.97 Å². The van der Waals surface area contributed by atoms with Gasteiger partial charge in [-0.1, -0.05) is 30.3 Å². The van der Waals surface area contributed by atoms with E-state index < -0.39 is 5.97 Å². The van der Waals surface area contributed by atoms with E-state index in [2.05, 4.69) is 4.98 Å². The third kappa shape index (κ3) is 3.65. The molecule has 1 atom stereocenters. The van der Waals surface area contributed by atoms with Crippen molar-refractivity contribution in [3.05, 3.63) is 65.5 Å². The van der Waals surface area contributed by atoms with Crippen LogP contribution in [0, 0.1) is 6.92 Å². The molecule has 0 spiro atoms. The number of benzene rings is 1. The fourth-order valence-corrected chi connectivity index (χ4v) is 2.35. The summed E-state index contributed by atoms with van der Waals surface area (Å²) in [4.78, 5) is 15.2. The van der Waals surface area contributed by atoms with E-state index in [1.807, 2.05) is 43.3 Å². The van der Waals surface area contributed by atoms with E-state index in [-0.39, 0.29) is 12.3 Å². The molecule has 1 aromatic heterocycles. The number of nitrogens with zero attached hydrogens (tertiary/aromatic N) is 1. The maximum absolute atomic E-state index is 11.1. The molecule has 0 aliphatic heterocycles. The molecule has 0 saturated heterocycles. The number of hydrogen-bond acceptors (Lipinski definition) is 2. The van der Waals surface area contributed by atoms with Gasteiger partial charge in [0.1, 0.15) is 0 Å². The van der Waals surface area contributed by atoms with Crippen molar-refractivity contribution < 1.29 is 9.90 Å². The van der Waals surface area contributed by atoms with Gasteiger partial charge in [-0.2, -0.15) is 0 Å². The van der Waals surface area contributed by atoms with Crippen molar-refractivity contribution in [1.82, 2.24) is 4.98 Å². The van der Waals surface area contributed by atoms with E-state index in [1.165, 1.54) is 0 Å². The standard InChI is InChI=1S/C16H17NO2/c1-12-5-2-3-7-15(12)14(10-16(18)19)9-13-6-4-8-17-11-13/h2-8,11,14H,9-10H2,1H3,(H,18,19). The summed E-state index contributed by atoms with van der Waals surface area (Å²) in [6, 6.07) is 11.8. The van der Waals surface area contributed by atoms with Crippen LogP contribution < -0.4 is 0 Å². The Hall–Kier alpha value is -2.16. The lowest BCUT2D eigenvalue weighted by atomic mass is 9.87. The summed E-state index contributed by atoms with van der Waals surface area (Å²) in [5.74, 6) is -0.778. The molecule has 0 saturated carbocycles. The predicted molar refractivity (Wildman–Crippen MR) is 74.1 cm³/mol. The van der Waals surface area contributed by atoms with Gasteiger partial charge in [0.2, 0.25) is 0 Å². The Kier molecular flexibility index (Phi) is 4.29. The smallest absolute Gasteiger partial charge is 0.303 e. The fourth-order valence-electron chi connectivity index (χ4n) is 2.35. The lowest BCUT2D eigenvalue weighted by Crippen LogP contribution is -2.10. The number of rotatable bonds is 5. The molecule has 19 heavy (non-hydrogen) atoms. The maximum Gasteiger partial charge on any atom is 0.303 e. The number of hydrogen-bond donors (Lipinski definition) is 1. The summed E-state index contributed by atoms with van der Waals surface area (Å²) >= 11 is 0. The van der Waals surface area contributed by atoms with Crippen LogP contribution in [0.3, 0.4) is 0 Å². The Bertz CT molecular complexity index is 552. The van der Waals surface area contributed by atoms with Crippen LogP contribution in [0.4, 0.5) is 0 Å². The van der Waals surface area contributed by atoms with E-state index in [9.17, 15) is 4.79 Å². The van der Waals surface area contributed by atoms with E-state index in [1.54, 1.807) is 12.4 Å². The highest BCUT2D eigenvalue weighted by Crippen LogP contribution is 2.26. The zero-order valence-corrected chi connectivity index (χ0v) is 10.9. The Morgan fingerprint density at radius 1 is 1.26 bits per heavy atom. The van der Waals surface area contributed by atoms with Gasteiger partial charge >= 0.3 is 5.97 Å². The average molecular weight is 255 g/mol. The lowest BCUT2D eigenvalue weighted by Gasteiger charge is -2.17. The van der Waals surface area contributed by atoms with Gasteiger partial charge in [0, 0.05) is 12.4 Å². The average Bonchev–Trinajstić information content (AvgIpc) is 2.39. The summed E-state index contributed by atoms with van der Waals surface area (Å²) in [5, 5.41) is 9.10. The SMILES string of the molecule is Cc1ccccc1C(CC(=O)O)Cc1cccnc1. The van der Waals surface area contributed by atoms with Gasteiger partial charge in [-0.05, 0) is 42.0 Å². The van der Waals surface area contributed by atoms with E-state index >= 15 is 0 Å². The van der Waals surface area contributed by atoms with Crippen molar-refractivity contribution in [3.63, 3.8) is 0 Å². The lowest BCUT2D eigenvalue weighted by molar-refractivity contribution is -0.137. The van der Waals surface area contributed by atoms with Crippen molar-refractivity contribution in [3.8, 4) is 0 Å². The molecule has 98 valence electrons. The van der Waals surface area contributed by atoms with Crippen molar-refractivity contribution in [1.29, 1.82) is 0 Å². The molecule has 1 unspecified atom stereocenters. The number of pyridine rings is 1. The minimum atomic E-state index is -0.767. The largest absolute Gasteiger partial charge is 0.481 e. The topological polar surface area (TPSA) is 50.2 Å².